The zero-order valence-electron chi connectivity index (χ0n) is 19.6. The number of carbonyl (C=O) groups is 1. The summed E-state index contributed by atoms with van der Waals surface area (Å²) in [5, 5.41) is 9.94. The number of nitrogens with one attached hydrogen (secondary N) is 2. The molecule has 1 aliphatic heterocycles. The molecule has 0 bridgehead atoms. The Labute approximate surface area is 204 Å². The molecule has 188 valence electrons. The molecule has 1 aliphatic carbocycles. The van der Waals surface area contributed by atoms with Gasteiger partial charge in [-0.25, -0.2) is 4.98 Å². The number of rotatable bonds is 4. The van der Waals surface area contributed by atoms with Crippen LogP contribution in [0.3, 0.4) is 0 Å². The Morgan fingerprint density at radius 1 is 1.19 bits per heavy atom. The van der Waals surface area contributed by atoms with Crippen molar-refractivity contribution in [1.29, 1.82) is 0 Å². The van der Waals surface area contributed by atoms with E-state index in [1.807, 2.05) is 6.92 Å². The predicted octanol–water partition coefficient (Wildman–Crippen LogP) is 4.81. The minimum absolute atomic E-state index is 0.0752. The largest absolute Gasteiger partial charge is 0.393 e. The average molecular weight is 499 g/mol. The van der Waals surface area contributed by atoms with Crippen molar-refractivity contribution in [2.45, 2.75) is 38.8 Å². The van der Waals surface area contributed by atoms with E-state index in [0.717, 1.165) is 11.0 Å². The number of anilines is 1. The van der Waals surface area contributed by atoms with Gasteiger partial charge in [-0.05, 0) is 67.5 Å². The fourth-order valence-corrected chi connectivity index (χ4v) is 4.31. The van der Waals surface area contributed by atoms with E-state index >= 15 is 0 Å². The molecular weight excluding hydrogens is 473 g/mol. The molecule has 1 spiro atoms. The van der Waals surface area contributed by atoms with Crippen molar-refractivity contribution in [3.63, 3.8) is 0 Å². The van der Waals surface area contributed by atoms with Crippen LogP contribution in [0.5, 0.6) is 0 Å². The molecule has 4 aromatic rings. The Morgan fingerprint density at radius 2 is 2.03 bits per heavy atom. The molecule has 2 N–H and O–H groups in total. The van der Waals surface area contributed by atoms with Crippen LogP contribution < -0.4 is 10.6 Å². The summed E-state index contributed by atoms with van der Waals surface area (Å²) in [6.07, 6.45) is 3.01. The first-order valence-corrected chi connectivity index (χ1v) is 11.6. The van der Waals surface area contributed by atoms with Crippen LogP contribution in [0.4, 0.5) is 18.9 Å². The Morgan fingerprint density at radius 3 is 2.67 bits per heavy atom. The SMILES string of the molecule is C1CC2(CC2)CN1.Cc1ccc(-c2ncon2)cc1NC(=O)c1cnc2cc(CC(F)(F)F)ccn12. The minimum Gasteiger partial charge on any atom is -0.342 e. The molecule has 0 radical (unpaired) electrons. The molecule has 2 fully saturated rings. The number of hydrogen-bond donors (Lipinski definition) is 2. The first-order valence-electron chi connectivity index (χ1n) is 11.6. The topological polar surface area (TPSA) is 97.4 Å². The van der Waals surface area contributed by atoms with Gasteiger partial charge in [0.15, 0.2) is 0 Å². The number of aryl methyl sites for hydroxylation is 1. The second kappa shape index (κ2) is 9.38. The third kappa shape index (κ3) is 5.40. The minimum atomic E-state index is -4.31. The number of aromatic nitrogens is 4. The number of amides is 1. The summed E-state index contributed by atoms with van der Waals surface area (Å²) in [6, 6.07) is 7.95. The smallest absolute Gasteiger partial charge is 0.342 e. The van der Waals surface area contributed by atoms with Gasteiger partial charge in [0.1, 0.15) is 11.3 Å². The Bertz CT molecular complexity index is 1370. The molecular formula is C25H25F3N6O2. The summed E-state index contributed by atoms with van der Waals surface area (Å²) in [5.41, 5.74) is 3.38. The quantitative estimate of drug-likeness (QED) is 0.419. The van der Waals surface area contributed by atoms with E-state index in [2.05, 4.69) is 25.8 Å². The van der Waals surface area contributed by atoms with E-state index in [9.17, 15) is 18.0 Å². The van der Waals surface area contributed by atoms with E-state index in [1.165, 1.54) is 67.7 Å². The molecule has 1 amide bonds. The highest BCUT2D eigenvalue weighted by molar-refractivity contribution is 6.04. The van der Waals surface area contributed by atoms with Crippen LogP contribution in [0, 0.1) is 12.3 Å². The second-order valence-corrected chi connectivity index (χ2v) is 9.36. The van der Waals surface area contributed by atoms with E-state index in [1.54, 1.807) is 18.2 Å². The number of carbonyl (C=O) groups excluding carboxylic acids is 1. The molecule has 1 saturated carbocycles. The summed E-state index contributed by atoms with van der Waals surface area (Å²) in [7, 11) is 0. The molecule has 1 aromatic carbocycles. The lowest BCUT2D eigenvalue weighted by Gasteiger charge is -2.10. The van der Waals surface area contributed by atoms with Gasteiger partial charge in [-0.3, -0.25) is 9.20 Å². The number of halogens is 3. The number of benzene rings is 1. The Balaban J connectivity index is 0.000000323. The van der Waals surface area contributed by atoms with Crippen molar-refractivity contribution >= 4 is 17.2 Å². The first-order chi connectivity index (χ1) is 17.2. The summed E-state index contributed by atoms with van der Waals surface area (Å²) in [4.78, 5) is 20.8. The van der Waals surface area contributed by atoms with Crippen LogP contribution in [0.25, 0.3) is 17.0 Å². The van der Waals surface area contributed by atoms with Gasteiger partial charge in [-0.2, -0.15) is 18.2 Å². The molecule has 2 aliphatic rings. The normalized spacial score (nSPS) is 16.1. The van der Waals surface area contributed by atoms with Crippen molar-refractivity contribution in [1.82, 2.24) is 24.8 Å². The van der Waals surface area contributed by atoms with Crippen molar-refractivity contribution in [3.05, 3.63) is 65.9 Å². The van der Waals surface area contributed by atoms with Crippen LogP contribution in [0.1, 0.15) is 40.9 Å². The number of hydrogen-bond acceptors (Lipinski definition) is 6. The highest BCUT2D eigenvalue weighted by atomic mass is 19.4. The molecule has 4 heterocycles. The fraction of sp³-hybridized carbons (Fsp3) is 0.360. The first kappa shape index (κ1) is 24.0. The maximum atomic E-state index is 12.8. The lowest BCUT2D eigenvalue weighted by Crippen LogP contribution is -2.15. The molecule has 0 atom stereocenters. The highest BCUT2D eigenvalue weighted by Gasteiger charge is 2.44. The zero-order chi connectivity index (χ0) is 25.3. The Kier molecular flexibility index (Phi) is 6.25. The van der Waals surface area contributed by atoms with Crippen LogP contribution in [0.2, 0.25) is 0 Å². The average Bonchev–Trinajstić information content (AvgIpc) is 3.23. The number of pyridine rings is 1. The lowest BCUT2D eigenvalue weighted by atomic mass is 10.1. The molecule has 11 heteroatoms. The molecule has 3 aromatic heterocycles. The van der Waals surface area contributed by atoms with Gasteiger partial charge in [-0.15, -0.1) is 0 Å². The Hall–Kier alpha value is -3.73. The van der Waals surface area contributed by atoms with Crippen molar-refractivity contribution in [2.24, 2.45) is 5.41 Å². The maximum absolute atomic E-state index is 12.8. The zero-order valence-corrected chi connectivity index (χ0v) is 19.6. The maximum Gasteiger partial charge on any atom is 0.393 e. The molecule has 8 nitrogen and oxygen atoms in total. The number of nitrogens with zero attached hydrogens (tertiary/aromatic N) is 4. The standard InChI is InChI=1S/C19H14F3N5O2.C6H11N/c1-11-2-3-13(17-24-10-29-26-17)7-14(11)25-18(28)15-9-23-16-6-12(4-5-27(15)16)8-19(20,21)22;1-2-6(1)3-4-7-5-6/h2-7,9-10H,8H2,1H3,(H,25,28);7H,1-5H2. The van der Waals surface area contributed by atoms with E-state index in [4.69, 9.17) is 4.52 Å². The van der Waals surface area contributed by atoms with Gasteiger partial charge in [0.05, 0.1) is 12.6 Å². The third-order valence-electron chi connectivity index (χ3n) is 6.61. The summed E-state index contributed by atoms with van der Waals surface area (Å²) >= 11 is 0. The highest BCUT2D eigenvalue weighted by Crippen LogP contribution is 2.49. The molecule has 1 saturated heterocycles. The van der Waals surface area contributed by atoms with Gasteiger partial charge >= 0.3 is 6.18 Å². The third-order valence-corrected chi connectivity index (χ3v) is 6.61. The van der Waals surface area contributed by atoms with E-state index in [-0.39, 0.29) is 16.9 Å². The van der Waals surface area contributed by atoms with Gasteiger partial charge in [0, 0.05) is 24.0 Å². The summed E-state index contributed by atoms with van der Waals surface area (Å²) in [6.45, 7) is 4.42. The second-order valence-electron chi connectivity index (χ2n) is 9.36. The number of alkyl halides is 3. The summed E-state index contributed by atoms with van der Waals surface area (Å²) < 4.78 is 43.9. The lowest BCUT2D eigenvalue weighted by molar-refractivity contribution is -0.127. The van der Waals surface area contributed by atoms with Gasteiger partial charge < -0.3 is 15.2 Å². The van der Waals surface area contributed by atoms with Crippen LogP contribution in [-0.2, 0) is 6.42 Å². The molecule has 36 heavy (non-hydrogen) atoms. The van der Waals surface area contributed by atoms with Crippen LogP contribution in [-0.4, -0.2) is 44.7 Å². The number of imidazole rings is 1. The monoisotopic (exact) mass is 498 g/mol. The fourth-order valence-electron chi connectivity index (χ4n) is 4.31. The molecule has 0 unspecified atom stereocenters. The predicted molar refractivity (Wildman–Crippen MR) is 127 cm³/mol. The van der Waals surface area contributed by atoms with Crippen molar-refractivity contribution in [2.75, 3.05) is 18.4 Å². The summed E-state index contributed by atoms with van der Waals surface area (Å²) in [5.74, 6) is -0.0677. The number of fused-ring (bicyclic) bond motifs is 1. The van der Waals surface area contributed by atoms with E-state index < -0.39 is 18.5 Å². The van der Waals surface area contributed by atoms with Crippen LogP contribution >= 0.6 is 0 Å². The molecule has 6 rings (SSSR count). The van der Waals surface area contributed by atoms with Gasteiger partial charge in [0.2, 0.25) is 12.2 Å². The van der Waals surface area contributed by atoms with Crippen molar-refractivity contribution in [3.8, 4) is 11.4 Å². The van der Waals surface area contributed by atoms with Crippen molar-refractivity contribution < 1.29 is 22.5 Å². The van der Waals surface area contributed by atoms with Gasteiger partial charge in [0.25, 0.3) is 5.91 Å². The van der Waals surface area contributed by atoms with E-state index in [0.29, 0.717) is 17.1 Å². The van der Waals surface area contributed by atoms with Crippen LogP contribution in [0.15, 0.2) is 53.6 Å². The van der Waals surface area contributed by atoms with Gasteiger partial charge in [-0.1, -0.05) is 17.3 Å².